The number of nitrogens with zero attached hydrogens (tertiary/aromatic N) is 1. The van der Waals surface area contributed by atoms with Gasteiger partial charge in [-0.05, 0) is 25.1 Å². The lowest BCUT2D eigenvalue weighted by Crippen LogP contribution is -2.47. The Kier molecular flexibility index (Phi) is 3.55. The molecule has 1 heterocycles. The monoisotopic (exact) mass is 265 g/mol. The number of hydrogen-bond donors (Lipinski definition) is 0. The third kappa shape index (κ3) is 2.07. The fraction of sp³-hybridized carbons (Fsp3) is 0.385. The minimum atomic E-state index is -1.05. The van der Waals surface area contributed by atoms with Crippen LogP contribution in [0.15, 0.2) is 18.2 Å². The first-order valence-electron chi connectivity index (χ1n) is 5.59. The van der Waals surface area contributed by atoms with Gasteiger partial charge in [-0.1, -0.05) is 11.6 Å². The van der Waals surface area contributed by atoms with Crippen molar-refractivity contribution < 1.29 is 14.3 Å². The van der Waals surface area contributed by atoms with Crippen LogP contribution in [0.4, 0.5) is 0 Å². The molecule has 1 aromatic carbocycles. The molecule has 4 nitrogen and oxygen atoms in total. The molecule has 0 atom stereocenters. The lowest BCUT2D eigenvalue weighted by molar-refractivity contribution is -0.0566. The number of ether oxygens (including phenoxy) is 2. The Balaban J connectivity index is 2.27. The SMILES string of the molecule is CCOc1ccc(C(=O)C2(C#N)COC2)cc1Cl. The molecule has 0 radical (unpaired) electrons. The number of nitriles is 1. The van der Waals surface area contributed by atoms with Gasteiger partial charge in [0, 0.05) is 5.56 Å². The van der Waals surface area contributed by atoms with Crippen LogP contribution < -0.4 is 4.74 Å². The van der Waals surface area contributed by atoms with Crippen molar-refractivity contribution >= 4 is 17.4 Å². The molecule has 0 saturated carbocycles. The van der Waals surface area contributed by atoms with Crippen LogP contribution in [-0.2, 0) is 4.74 Å². The summed E-state index contributed by atoms with van der Waals surface area (Å²) < 4.78 is 10.3. The largest absolute Gasteiger partial charge is 0.492 e. The highest BCUT2D eigenvalue weighted by molar-refractivity contribution is 6.32. The number of carbonyl (C=O) groups is 1. The number of rotatable bonds is 4. The summed E-state index contributed by atoms with van der Waals surface area (Å²) in [6.07, 6.45) is 0. The van der Waals surface area contributed by atoms with Crippen molar-refractivity contribution in [3.8, 4) is 11.8 Å². The van der Waals surface area contributed by atoms with E-state index in [1.54, 1.807) is 12.1 Å². The topological polar surface area (TPSA) is 59.3 Å². The Labute approximate surface area is 110 Å². The van der Waals surface area contributed by atoms with Gasteiger partial charge in [0.15, 0.2) is 11.2 Å². The number of Topliss-reactive ketones (excluding diaryl/α,β-unsaturated/α-hetero) is 1. The summed E-state index contributed by atoms with van der Waals surface area (Å²) in [4.78, 5) is 12.2. The molecule has 5 heteroatoms. The Morgan fingerprint density at radius 1 is 1.61 bits per heavy atom. The first-order chi connectivity index (χ1) is 8.63. The molecule has 1 fully saturated rings. The zero-order valence-corrected chi connectivity index (χ0v) is 10.7. The molecule has 0 aliphatic carbocycles. The van der Waals surface area contributed by atoms with E-state index in [2.05, 4.69) is 0 Å². The van der Waals surface area contributed by atoms with Gasteiger partial charge in [-0.2, -0.15) is 5.26 Å². The van der Waals surface area contributed by atoms with Crippen molar-refractivity contribution in [3.63, 3.8) is 0 Å². The van der Waals surface area contributed by atoms with E-state index >= 15 is 0 Å². The summed E-state index contributed by atoms with van der Waals surface area (Å²) in [6, 6.07) is 6.82. The highest BCUT2D eigenvalue weighted by Crippen LogP contribution is 2.33. The Morgan fingerprint density at radius 3 is 2.78 bits per heavy atom. The maximum absolute atomic E-state index is 12.2. The van der Waals surface area contributed by atoms with Gasteiger partial charge in [-0.3, -0.25) is 4.79 Å². The standard InChI is InChI=1S/C13H12ClNO3/c1-2-18-11-4-3-9(5-10(11)14)12(16)13(6-15)7-17-8-13/h3-5H,2,7-8H2,1H3. The third-order valence-corrected chi connectivity index (χ3v) is 3.13. The van der Waals surface area contributed by atoms with Crippen molar-refractivity contribution in [3.05, 3.63) is 28.8 Å². The maximum atomic E-state index is 12.2. The second-order valence-electron chi connectivity index (χ2n) is 4.09. The number of halogens is 1. The molecule has 94 valence electrons. The highest BCUT2D eigenvalue weighted by atomic mass is 35.5. The normalized spacial score (nSPS) is 16.5. The Hall–Kier alpha value is -1.57. The van der Waals surface area contributed by atoms with Crippen LogP contribution in [0.5, 0.6) is 5.75 Å². The summed E-state index contributed by atoms with van der Waals surface area (Å²) in [5, 5.41) is 9.44. The molecular formula is C13H12ClNO3. The van der Waals surface area contributed by atoms with Crippen molar-refractivity contribution in [2.45, 2.75) is 6.92 Å². The molecule has 0 spiro atoms. The van der Waals surface area contributed by atoms with Gasteiger partial charge in [-0.15, -0.1) is 0 Å². The average Bonchev–Trinajstić information content (AvgIpc) is 2.31. The molecule has 18 heavy (non-hydrogen) atoms. The van der Waals surface area contributed by atoms with E-state index in [9.17, 15) is 4.79 Å². The summed E-state index contributed by atoms with van der Waals surface area (Å²) in [5.41, 5.74) is -0.635. The van der Waals surface area contributed by atoms with Gasteiger partial charge in [-0.25, -0.2) is 0 Å². The van der Waals surface area contributed by atoms with E-state index < -0.39 is 5.41 Å². The highest BCUT2D eigenvalue weighted by Gasteiger charge is 2.46. The smallest absolute Gasteiger partial charge is 0.187 e. The van der Waals surface area contributed by atoms with Crippen molar-refractivity contribution in [2.75, 3.05) is 19.8 Å². The van der Waals surface area contributed by atoms with Crippen molar-refractivity contribution in [1.82, 2.24) is 0 Å². The van der Waals surface area contributed by atoms with Crippen LogP contribution in [0.1, 0.15) is 17.3 Å². The van der Waals surface area contributed by atoms with Crippen LogP contribution in [-0.4, -0.2) is 25.6 Å². The van der Waals surface area contributed by atoms with Gasteiger partial charge in [0.05, 0.1) is 30.9 Å². The molecule has 1 aliphatic heterocycles. The molecular weight excluding hydrogens is 254 g/mol. The van der Waals surface area contributed by atoms with E-state index in [4.69, 9.17) is 26.3 Å². The second kappa shape index (κ2) is 4.97. The third-order valence-electron chi connectivity index (χ3n) is 2.84. The Morgan fingerprint density at radius 2 is 2.33 bits per heavy atom. The van der Waals surface area contributed by atoms with Crippen LogP contribution in [0, 0.1) is 16.7 Å². The molecule has 0 bridgehead atoms. The van der Waals surface area contributed by atoms with Crippen LogP contribution in [0.2, 0.25) is 5.02 Å². The molecule has 1 saturated heterocycles. The Bertz CT molecular complexity index is 517. The minimum Gasteiger partial charge on any atom is -0.492 e. The summed E-state index contributed by atoms with van der Waals surface area (Å²) in [6.45, 7) is 2.65. The number of benzene rings is 1. The first kappa shape index (κ1) is 12.9. The lowest BCUT2D eigenvalue weighted by atomic mass is 9.80. The predicted molar refractivity (Wildman–Crippen MR) is 65.8 cm³/mol. The summed E-state index contributed by atoms with van der Waals surface area (Å²) in [5.74, 6) is 0.285. The van der Waals surface area contributed by atoms with Gasteiger partial charge in [0.2, 0.25) is 0 Å². The predicted octanol–water partition coefficient (Wildman–Crippen LogP) is 2.46. The van der Waals surface area contributed by atoms with E-state index in [1.807, 2.05) is 13.0 Å². The molecule has 1 aromatic rings. The molecule has 0 N–H and O–H groups in total. The number of ketones is 1. The molecule has 0 aromatic heterocycles. The summed E-state index contributed by atoms with van der Waals surface area (Å²) >= 11 is 6.02. The molecule has 1 aliphatic rings. The van der Waals surface area contributed by atoms with E-state index in [-0.39, 0.29) is 19.0 Å². The zero-order valence-electron chi connectivity index (χ0n) is 9.90. The van der Waals surface area contributed by atoms with Gasteiger partial charge in [0.1, 0.15) is 5.75 Å². The van der Waals surface area contributed by atoms with Gasteiger partial charge < -0.3 is 9.47 Å². The quantitative estimate of drug-likeness (QED) is 0.785. The number of carbonyl (C=O) groups excluding carboxylic acids is 1. The summed E-state index contributed by atoms with van der Waals surface area (Å²) in [7, 11) is 0. The fourth-order valence-electron chi connectivity index (χ4n) is 1.74. The van der Waals surface area contributed by atoms with Gasteiger partial charge >= 0.3 is 0 Å². The lowest BCUT2D eigenvalue weighted by Gasteiger charge is -2.33. The van der Waals surface area contributed by atoms with Crippen LogP contribution in [0.3, 0.4) is 0 Å². The second-order valence-corrected chi connectivity index (χ2v) is 4.50. The van der Waals surface area contributed by atoms with Crippen molar-refractivity contribution in [1.29, 1.82) is 5.26 Å². The minimum absolute atomic E-state index is 0.146. The van der Waals surface area contributed by atoms with E-state index in [1.165, 1.54) is 6.07 Å². The van der Waals surface area contributed by atoms with Crippen molar-refractivity contribution in [2.24, 2.45) is 5.41 Å². The molecule has 0 amide bonds. The fourth-order valence-corrected chi connectivity index (χ4v) is 1.98. The molecule has 0 unspecified atom stereocenters. The first-order valence-corrected chi connectivity index (χ1v) is 5.97. The van der Waals surface area contributed by atoms with Crippen LogP contribution >= 0.6 is 11.6 Å². The molecule has 2 rings (SSSR count). The van der Waals surface area contributed by atoms with E-state index in [0.29, 0.717) is 22.9 Å². The zero-order chi connectivity index (χ0) is 13.2. The maximum Gasteiger partial charge on any atom is 0.187 e. The van der Waals surface area contributed by atoms with E-state index in [0.717, 1.165) is 0 Å². The number of hydrogen-bond acceptors (Lipinski definition) is 4. The van der Waals surface area contributed by atoms with Gasteiger partial charge in [0.25, 0.3) is 0 Å². The van der Waals surface area contributed by atoms with Crippen LogP contribution in [0.25, 0.3) is 0 Å². The average molecular weight is 266 g/mol.